The lowest BCUT2D eigenvalue weighted by Gasteiger charge is -2.14. The Morgan fingerprint density at radius 2 is 2.17 bits per heavy atom. The summed E-state index contributed by atoms with van der Waals surface area (Å²) in [5, 5.41) is 5.57. The van der Waals surface area contributed by atoms with Crippen molar-refractivity contribution in [2.45, 2.75) is 52.0 Å². The Kier molecular flexibility index (Phi) is 4.93. The van der Waals surface area contributed by atoms with Crippen molar-refractivity contribution >= 4 is 27.4 Å². The standard InChI is InChI=1S/C14H21N3S/c1-3-4-5-6-7-11(2)17-14-13-12(8-9-18-13)15-10-16-14/h8-11H,3-7H2,1-2H3,(H,15,16,17). The summed E-state index contributed by atoms with van der Waals surface area (Å²) >= 11 is 1.70. The molecule has 0 aliphatic heterocycles. The first-order chi connectivity index (χ1) is 8.81. The molecule has 18 heavy (non-hydrogen) atoms. The lowest BCUT2D eigenvalue weighted by molar-refractivity contribution is 0.593. The van der Waals surface area contributed by atoms with Crippen molar-refractivity contribution in [3.63, 3.8) is 0 Å². The molecule has 98 valence electrons. The van der Waals surface area contributed by atoms with Crippen molar-refractivity contribution in [2.75, 3.05) is 5.32 Å². The fourth-order valence-corrected chi connectivity index (χ4v) is 2.87. The van der Waals surface area contributed by atoms with Gasteiger partial charge in [-0.25, -0.2) is 9.97 Å². The highest BCUT2D eigenvalue weighted by molar-refractivity contribution is 7.17. The van der Waals surface area contributed by atoms with Gasteiger partial charge in [-0.1, -0.05) is 32.6 Å². The van der Waals surface area contributed by atoms with Crippen LogP contribution in [0.15, 0.2) is 17.8 Å². The molecule has 0 saturated carbocycles. The van der Waals surface area contributed by atoms with Gasteiger partial charge in [0.25, 0.3) is 0 Å². The summed E-state index contributed by atoms with van der Waals surface area (Å²) in [6.07, 6.45) is 8.11. The average Bonchev–Trinajstić information content (AvgIpc) is 2.84. The predicted molar refractivity (Wildman–Crippen MR) is 79.3 cm³/mol. The molecule has 2 heterocycles. The van der Waals surface area contributed by atoms with Gasteiger partial charge in [0.1, 0.15) is 12.1 Å². The number of fused-ring (bicyclic) bond motifs is 1. The third-order valence-electron chi connectivity index (χ3n) is 3.12. The smallest absolute Gasteiger partial charge is 0.147 e. The summed E-state index contributed by atoms with van der Waals surface area (Å²) in [5.41, 5.74) is 1.04. The number of aromatic nitrogens is 2. The Bertz CT molecular complexity index is 481. The molecule has 1 atom stereocenters. The molecular weight excluding hydrogens is 242 g/mol. The predicted octanol–water partition coefficient (Wildman–Crippen LogP) is 4.46. The van der Waals surface area contributed by atoms with Crippen LogP contribution in [0.3, 0.4) is 0 Å². The zero-order valence-electron chi connectivity index (χ0n) is 11.1. The molecule has 0 spiro atoms. The minimum atomic E-state index is 0.474. The van der Waals surface area contributed by atoms with Crippen molar-refractivity contribution in [2.24, 2.45) is 0 Å². The van der Waals surface area contributed by atoms with Crippen LogP contribution in [0.4, 0.5) is 5.82 Å². The molecule has 2 aromatic rings. The summed E-state index contributed by atoms with van der Waals surface area (Å²) in [6.45, 7) is 4.48. The summed E-state index contributed by atoms with van der Waals surface area (Å²) in [7, 11) is 0. The van der Waals surface area contributed by atoms with Crippen molar-refractivity contribution in [1.82, 2.24) is 9.97 Å². The number of rotatable bonds is 7. The lowest BCUT2D eigenvalue weighted by Crippen LogP contribution is -2.15. The van der Waals surface area contributed by atoms with E-state index >= 15 is 0 Å². The van der Waals surface area contributed by atoms with Crippen molar-refractivity contribution in [3.05, 3.63) is 17.8 Å². The number of hydrogen-bond donors (Lipinski definition) is 1. The number of hydrogen-bond acceptors (Lipinski definition) is 4. The van der Waals surface area contributed by atoms with Gasteiger partial charge in [-0.05, 0) is 24.8 Å². The molecule has 0 aliphatic carbocycles. The van der Waals surface area contributed by atoms with E-state index in [4.69, 9.17) is 0 Å². The fraction of sp³-hybridized carbons (Fsp3) is 0.571. The van der Waals surface area contributed by atoms with Gasteiger partial charge < -0.3 is 5.32 Å². The van der Waals surface area contributed by atoms with Crippen LogP contribution in [0, 0.1) is 0 Å². The molecule has 0 aliphatic rings. The maximum absolute atomic E-state index is 4.35. The third kappa shape index (κ3) is 3.42. The van der Waals surface area contributed by atoms with Crippen LogP contribution in [0.1, 0.15) is 46.0 Å². The van der Waals surface area contributed by atoms with Gasteiger partial charge in [0.15, 0.2) is 0 Å². The maximum Gasteiger partial charge on any atom is 0.147 e. The molecule has 2 rings (SSSR count). The van der Waals surface area contributed by atoms with E-state index in [1.165, 1.54) is 32.1 Å². The molecule has 0 aromatic carbocycles. The van der Waals surface area contributed by atoms with Crippen LogP contribution < -0.4 is 5.32 Å². The van der Waals surface area contributed by atoms with Crippen LogP contribution in [0.2, 0.25) is 0 Å². The van der Waals surface area contributed by atoms with Crippen LogP contribution in [0.25, 0.3) is 10.2 Å². The molecule has 2 aromatic heterocycles. The highest BCUT2D eigenvalue weighted by Gasteiger charge is 2.08. The molecule has 1 N–H and O–H groups in total. The number of anilines is 1. The van der Waals surface area contributed by atoms with Gasteiger partial charge >= 0.3 is 0 Å². The van der Waals surface area contributed by atoms with Gasteiger partial charge in [-0.15, -0.1) is 11.3 Å². The molecule has 0 bridgehead atoms. The van der Waals surface area contributed by atoms with Gasteiger partial charge in [-0.2, -0.15) is 0 Å². The van der Waals surface area contributed by atoms with E-state index in [0.29, 0.717) is 6.04 Å². The molecule has 0 radical (unpaired) electrons. The average molecular weight is 263 g/mol. The van der Waals surface area contributed by atoms with E-state index < -0.39 is 0 Å². The van der Waals surface area contributed by atoms with E-state index in [1.54, 1.807) is 17.7 Å². The highest BCUT2D eigenvalue weighted by Crippen LogP contribution is 2.25. The van der Waals surface area contributed by atoms with Crippen LogP contribution in [-0.2, 0) is 0 Å². The van der Waals surface area contributed by atoms with Crippen LogP contribution in [0.5, 0.6) is 0 Å². The molecule has 0 amide bonds. The molecule has 0 saturated heterocycles. The molecule has 1 unspecified atom stereocenters. The van der Waals surface area contributed by atoms with E-state index in [0.717, 1.165) is 16.0 Å². The van der Waals surface area contributed by atoms with Gasteiger partial charge in [-0.3, -0.25) is 0 Å². The molecule has 0 fully saturated rings. The maximum atomic E-state index is 4.35. The minimum absolute atomic E-state index is 0.474. The fourth-order valence-electron chi connectivity index (χ4n) is 2.07. The molecule has 4 heteroatoms. The topological polar surface area (TPSA) is 37.8 Å². The normalized spacial score (nSPS) is 12.8. The monoisotopic (exact) mass is 263 g/mol. The second kappa shape index (κ2) is 6.69. The second-order valence-electron chi connectivity index (χ2n) is 4.75. The van der Waals surface area contributed by atoms with Crippen molar-refractivity contribution < 1.29 is 0 Å². The first-order valence-corrected chi connectivity index (χ1v) is 7.64. The Balaban J connectivity index is 1.90. The quantitative estimate of drug-likeness (QED) is 0.749. The zero-order chi connectivity index (χ0) is 12.8. The van der Waals surface area contributed by atoms with E-state index in [9.17, 15) is 0 Å². The van der Waals surface area contributed by atoms with E-state index in [2.05, 4.69) is 34.5 Å². The van der Waals surface area contributed by atoms with Crippen LogP contribution in [-0.4, -0.2) is 16.0 Å². The first-order valence-electron chi connectivity index (χ1n) is 6.76. The lowest BCUT2D eigenvalue weighted by atomic mass is 10.1. The largest absolute Gasteiger partial charge is 0.366 e. The van der Waals surface area contributed by atoms with E-state index in [-0.39, 0.29) is 0 Å². The summed E-state index contributed by atoms with van der Waals surface area (Å²) < 4.78 is 1.16. The Morgan fingerprint density at radius 3 is 3.00 bits per heavy atom. The Morgan fingerprint density at radius 1 is 1.28 bits per heavy atom. The zero-order valence-corrected chi connectivity index (χ0v) is 12.0. The highest BCUT2D eigenvalue weighted by atomic mass is 32.1. The first kappa shape index (κ1) is 13.3. The summed E-state index contributed by atoms with van der Waals surface area (Å²) in [4.78, 5) is 8.61. The SMILES string of the molecule is CCCCCCC(C)Nc1ncnc2ccsc12. The molecular formula is C14H21N3S. The second-order valence-corrected chi connectivity index (χ2v) is 5.67. The Hall–Kier alpha value is -1.16. The van der Waals surface area contributed by atoms with Gasteiger partial charge in [0.2, 0.25) is 0 Å². The Labute approximate surface area is 113 Å². The van der Waals surface area contributed by atoms with E-state index in [1.807, 2.05) is 6.07 Å². The van der Waals surface area contributed by atoms with Gasteiger partial charge in [0.05, 0.1) is 10.2 Å². The minimum Gasteiger partial charge on any atom is -0.366 e. The number of thiophene rings is 1. The molecule has 3 nitrogen and oxygen atoms in total. The third-order valence-corrected chi connectivity index (χ3v) is 4.03. The van der Waals surface area contributed by atoms with Crippen molar-refractivity contribution in [1.29, 1.82) is 0 Å². The number of nitrogens with one attached hydrogen (secondary N) is 1. The van der Waals surface area contributed by atoms with Gasteiger partial charge in [0, 0.05) is 6.04 Å². The summed E-state index contributed by atoms with van der Waals surface area (Å²) in [5.74, 6) is 0.984. The number of unbranched alkanes of at least 4 members (excludes halogenated alkanes) is 3. The summed E-state index contributed by atoms with van der Waals surface area (Å²) in [6, 6.07) is 2.51. The van der Waals surface area contributed by atoms with Crippen LogP contribution >= 0.6 is 11.3 Å². The van der Waals surface area contributed by atoms with Crippen molar-refractivity contribution in [3.8, 4) is 0 Å². The number of nitrogens with zero attached hydrogens (tertiary/aromatic N) is 2.